The first-order valence-electron chi connectivity index (χ1n) is 8.68. The third-order valence-electron chi connectivity index (χ3n) is 4.80. The van der Waals surface area contributed by atoms with Gasteiger partial charge < -0.3 is 5.32 Å². The minimum Gasteiger partial charge on any atom is -0.313 e. The zero-order chi connectivity index (χ0) is 15.1. The topological polar surface area (TPSA) is 15.3 Å². The highest BCUT2D eigenvalue weighted by Crippen LogP contribution is 2.28. The van der Waals surface area contributed by atoms with Crippen molar-refractivity contribution in [1.29, 1.82) is 0 Å². The monoisotopic (exact) mass is 288 g/mol. The third-order valence-corrected chi connectivity index (χ3v) is 4.80. The number of nitrogens with zero attached hydrogens (tertiary/aromatic N) is 1. The van der Waals surface area contributed by atoms with E-state index in [0.717, 1.165) is 12.6 Å². The second kappa shape index (κ2) is 8.55. The molecule has 1 aromatic carbocycles. The standard InChI is InChI=1S/C19H32N2/c1-16(2)20-15-19(17-11-7-6-8-12-17)21(3)18-13-9-4-5-10-14-18/h6-8,11-12,16,18-20H,4-5,9-10,13-15H2,1-3H3. The van der Waals surface area contributed by atoms with Crippen molar-refractivity contribution in [3.05, 3.63) is 35.9 Å². The molecule has 2 nitrogen and oxygen atoms in total. The molecule has 0 spiro atoms. The number of nitrogens with one attached hydrogen (secondary N) is 1. The summed E-state index contributed by atoms with van der Waals surface area (Å²) in [4.78, 5) is 2.63. The maximum atomic E-state index is 3.64. The molecule has 0 amide bonds. The molecule has 0 aliphatic heterocycles. The van der Waals surface area contributed by atoms with E-state index in [1.807, 2.05) is 0 Å². The molecule has 1 atom stereocenters. The molecule has 2 heteroatoms. The smallest absolute Gasteiger partial charge is 0.0472 e. The van der Waals surface area contributed by atoms with Crippen molar-refractivity contribution in [3.8, 4) is 0 Å². The highest BCUT2D eigenvalue weighted by Gasteiger charge is 2.24. The van der Waals surface area contributed by atoms with Crippen LogP contribution >= 0.6 is 0 Å². The van der Waals surface area contributed by atoms with Crippen LogP contribution < -0.4 is 5.32 Å². The second-order valence-electron chi connectivity index (χ2n) is 6.80. The highest BCUT2D eigenvalue weighted by molar-refractivity contribution is 5.19. The van der Waals surface area contributed by atoms with Crippen LogP contribution in [-0.4, -0.2) is 30.6 Å². The summed E-state index contributed by atoms with van der Waals surface area (Å²) in [5.41, 5.74) is 1.44. The Bertz CT molecular complexity index is 380. The van der Waals surface area contributed by atoms with Crippen molar-refractivity contribution in [1.82, 2.24) is 10.2 Å². The van der Waals surface area contributed by atoms with Gasteiger partial charge in [0.2, 0.25) is 0 Å². The summed E-state index contributed by atoms with van der Waals surface area (Å²) in [7, 11) is 2.33. The van der Waals surface area contributed by atoms with E-state index in [1.165, 1.54) is 44.1 Å². The average Bonchev–Trinajstić information content (AvgIpc) is 2.77. The van der Waals surface area contributed by atoms with Crippen LogP contribution in [0.4, 0.5) is 0 Å². The van der Waals surface area contributed by atoms with Gasteiger partial charge in [-0.15, -0.1) is 0 Å². The van der Waals surface area contributed by atoms with Crippen LogP contribution in [0.15, 0.2) is 30.3 Å². The van der Waals surface area contributed by atoms with Gasteiger partial charge in [0.25, 0.3) is 0 Å². The van der Waals surface area contributed by atoms with Gasteiger partial charge in [0.1, 0.15) is 0 Å². The lowest BCUT2D eigenvalue weighted by Crippen LogP contribution is -2.41. The molecule has 21 heavy (non-hydrogen) atoms. The van der Waals surface area contributed by atoms with Gasteiger partial charge in [-0.1, -0.05) is 69.9 Å². The minimum absolute atomic E-state index is 0.483. The van der Waals surface area contributed by atoms with Crippen LogP contribution in [0.2, 0.25) is 0 Å². The SMILES string of the molecule is CC(C)NCC(c1ccccc1)N(C)C1CCCCCC1. The van der Waals surface area contributed by atoms with Crippen LogP contribution in [0.3, 0.4) is 0 Å². The van der Waals surface area contributed by atoms with Crippen LogP contribution in [0, 0.1) is 0 Å². The van der Waals surface area contributed by atoms with Crippen LogP contribution in [0.25, 0.3) is 0 Å². The van der Waals surface area contributed by atoms with E-state index >= 15 is 0 Å². The quantitative estimate of drug-likeness (QED) is 0.781. The molecule has 0 heterocycles. The highest BCUT2D eigenvalue weighted by atomic mass is 15.2. The summed E-state index contributed by atoms with van der Waals surface area (Å²) in [6.07, 6.45) is 8.36. The van der Waals surface area contributed by atoms with Crippen molar-refractivity contribution in [3.63, 3.8) is 0 Å². The van der Waals surface area contributed by atoms with E-state index < -0.39 is 0 Å². The zero-order valence-electron chi connectivity index (χ0n) is 14.0. The van der Waals surface area contributed by atoms with Crippen LogP contribution in [0.5, 0.6) is 0 Å². The number of hydrogen-bond donors (Lipinski definition) is 1. The van der Waals surface area contributed by atoms with E-state index in [2.05, 4.69) is 61.4 Å². The maximum absolute atomic E-state index is 3.64. The Balaban J connectivity index is 2.09. The molecule has 1 aliphatic carbocycles. The lowest BCUT2D eigenvalue weighted by molar-refractivity contribution is 0.152. The van der Waals surface area contributed by atoms with Gasteiger partial charge in [0.05, 0.1) is 0 Å². The van der Waals surface area contributed by atoms with Gasteiger partial charge in [-0.3, -0.25) is 4.90 Å². The summed E-state index contributed by atoms with van der Waals surface area (Å²) < 4.78 is 0. The van der Waals surface area contributed by atoms with E-state index in [4.69, 9.17) is 0 Å². The van der Waals surface area contributed by atoms with Gasteiger partial charge in [-0.2, -0.15) is 0 Å². The lowest BCUT2D eigenvalue weighted by atomic mass is 10.00. The Morgan fingerprint density at radius 3 is 2.24 bits per heavy atom. The molecule has 1 unspecified atom stereocenters. The normalized spacial score (nSPS) is 18.9. The molecule has 1 aliphatic rings. The number of benzene rings is 1. The van der Waals surface area contributed by atoms with Crippen molar-refractivity contribution in [2.75, 3.05) is 13.6 Å². The zero-order valence-corrected chi connectivity index (χ0v) is 14.0. The minimum atomic E-state index is 0.483. The van der Waals surface area contributed by atoms with Crippen molar-refractivity contribution in [2.45, 2.75) is 70.5 Å². The van der Waals surface area contributed by atoms with Gasteiger partial charge >= 0.3 is 0 Å². The first kappa shape index (κ1) is 16.5. The van der Waals surface area contributed by atoms with Crippen molar-refractivity contribution >= 4 is 0 Å². The fraction of sp³-hybridized carbons (Fsp3) is 0.684. The van der Waals surface area contributed by atoms with Gasteiger partial charge in [0, 0.05) is 24.7 Å². The Morgan fingerprint density at radius 2 is 1.67 bits per heavy atom. The van der Waals surface area contributed by atoms with Crippen molar-refractivity contribution < 1.29 is 0 Å². The summed E-state index contributed by atoms with van der Waals surface area (Å²) >= 11 is 0. The average molecular weight is 288 g/mol. The number of hydrogen-bond acceptors (Lipinski definition) is 2. The van der Waals surface area contributed by atoms with Gasteiger partial charge in [-0.25, -0.2) is 0 Å². The molecule has 1 N–H and O–H groups in total. The molecule has 1 fully saturated rings. The second-order valence-corrected chi connectivity index (χ2v) is 6.80. The molecular weight excluding hydrogens is 256 g/mol. The van der Waals surface area contributed by atoms with E-state index in [9.17, 15) is 0 Å². The predicted molar refractivity (Wildman–Crippen MR) is 91.6 cm³/mol. The Labute approximate surface area is 130 Å². The Kier molecular flexibility index (Phi) is 6.72. The Morgan fingerprint density at radius 1 is 1.05 bits per heavy atom. The van der Waals surface area contributed by atoms with Gasteiger partial charge in [-0.05, 0) is 25.5 Å². The van der Waals surface area contributed by atoms with Crippen LogP contribution in [0.1, 0.15) is 64.0 Å². The van der Waals surface area contributed by atoms with E-state index in [0.29, 0.717) is 12.1 Å². The lowest BCUT2D eigenvalue weighted by Gasteiger charge is -2.36. The Hall–Kier alpha value is -0.860. The molecule has 0 radical (unpaired) electrons. The number of likely N-dealkylation sites (N-methyl/N-ethyl adjacent to an activating group) is 1. The van der Waals surface area contributed by atoms with Gasteiger partial charge in [0.15, 0.2) is 0 Å². The molecule has 2 rings (SSSR count). The first-order valence-corrected chi connectivity index (χ1v) is 8.68. The molecule has 0 bridgehead atoms. The molecule has 0 saturated heterocycles. The molecule has 1 aromatic rings. The predicted octanol–water partition coefficient (Wildman–Crippen LogP) is 4.38. The fourth-order valence-corrected chi connectivity index (χ4v) is 3.44. The fourth-order valence-electron chi connectivity index (χ4n) is 3.44. The summed E-state index contributed by atoms with van der Waals surface area (Å²) in [5.74, 6) is 0. The molecule has 118 valence electrons. The summed E-state index contributed by atoms with van der Waals surface area (Å²) in [6, 6.07) is 12.8. The maximum Gasteiger partial charge on any atom is 0.0472 e. The third kappa shape index (κ3) is 5.12. The van der Waals surface area contributed by atoms with Crippen molar-refractivity contribution in [2.24, 2.45) is 0 Å². The summed E-state index contributed by atoms with van der Waals surface area (Å²) in [5, 5.41) is 3.64. The molecule has 0 aromatic heterocycles. The first-order chi connectivity index (χ1) is 10.2. The number of rotatable bonds is 6. The van der Waals surface area contributed by atoms with E-state index in [1.54, 1.807) is 0 Å². The summed E-state index contributed by atoms with van der Waals surface area (Å²) in [6.45, 7) is 5.50. The molecular formula is C19H32N2. The van der Waals surface area contributed by atoms with E-state index in [-0.39, 0.29) is 0 Å². The largest absolute Gasteiger partial charge is 0.313 e. The molecule has 1 saturated carbocycles. The van der Waals surface area contributed by atoms with Crippen LogP contribution in [-0.2, 0) is 0 Å².